The molecule has 0 radical (unpaired) electrons. The fourth-order valence-electron chi connectivity index (χ4n) is 3.56. The van der Waals surface area contributed by atoms with Gasteiger partial charge in [-0.25, -0.2) is 9.50 Å². The van der Waals surface area contributed by atoms with E-state index in [0.717, 1.165) is 28.0 Å². The lowest BCUT2D eigenvalue weighted by molar-refractivity contribution is 0.0942. The van der Waals surface area contributed by atoms with Crippen molar-refractivity contribution < 1.29 is 4.79 Å². The number of thiophene rings is 1. The molecule has 4 aromatic heterocycles. The van der Waals surface area contributed by atoms with Crippen LogP contribution in [0.3, 0.4) is 0 Å². The number of aryl methyl sites for hydroxylation is 1. The maximum Gasteiger partial charge on any atom is 0.261 e. The molecule has 0 bridgehead atoms. The Kier molecular flexibility index (Phi) is 4.25. The molecule has 1 aromatic carbocycles. The first-order chi connectivity index (χ1) is 14.5. The number of amides is 1. The van der Waals surface area contributed by atoms with Crippen LogP contribution in [-0.4, -0.2) is 30.1 Å². The molecule has 150 valence electrons. The predicted octanol–water partition coefficient (Wildman–Crippen LogP) is 3.42. The number of pyridine rings is 1. The van der Waals surface area contributed by atoms with Crippen LogP contribution in [0.1, 0.15) is 28.5 Å². The number of hydrogen-bond donors (Lipinski definition) is 2. The molecule has 5 aromatic rings. The molecule has 1 unspecified atom stereocenters. The summed E-state index contributed by atoms with van der Waals surface area (Å²) in [4.78, 5) is 22.3. The van der Waals surface area contributed by atoms with Gasteiger partial charge in [0.25, 0.3) is 5.91 Å². The number of nitrogen functional groups attached to an aromatic ring is 1. The molecule has 4 heterocycles. The molecule has 0 saturated heterocycles. The third-order valence-electron chi connectivity index (χ3n) is 5.06. The van der Waals surface area contributed by atoms with Crippen molar-refractivity contribution in [2.75, 3.05) is 5.73 Å². The van der Waals surface area contributed by atoms with Crippen LogP contribution in [0.5, 0.6) is 0 Å². The molecule has 5 rings (SSSR count). The minimum Gasteiger partial charge on any atom is -0.366 e. The number of carbonyl (C=O) groups excluding carboxylic acids is 1. The number of carbonyl (C=O) groups is 1. The van der Waals surface area contributed by atoms with E-state index in [0.29, 0.717) is 10.5 Å². The molecule has 0 aliphatic carbocycles. The Morgan fingerprint density at radius 2 is 2.00 bits per heavy atom. The second kappa shape index (κ2) is 6.96. The van der Waals surface area contributed by atoms with Gasteiger partial charge in [-0.1, -0.05) is 12.1 Å². The number of nitrogens with one attached hydrogen (secondary N) is 1. The van der Waals surface area contributed by atoms with Crippen molar-refractivity contribution in [3.63, 3.8) is 0 Å². The zero-order valence-electron chi connectivity index (χ0n) is 16.4. The smallest absolute Gasteiger partial charge is 0.261 e. The summed E-state index contributed by atoms with van der Waals surface area (Å²) < 4.78 is 3.65. The number of rotatable bonds is 4. The van der Waals surface area contributed by atoms with Gasteiger partial charge in [-0.15, -0.1) is 16.4 Å². The van der Waals surface area contributed by atoms with Crippen LogP contribution in [0.25, 0.3) is 27.8 Å². The highest BCUT2D eigenvalue weighted by Gasteiger charge is 2.18. The molecular formula is C21H19N7OS. The zero-order valence-corrected chi connectivity index (χ0v) is 17.2. The van der Waals surface area contributed by atoms with Gasteiger partial charge < -0.3 is 15.6 Å². The summed E-state index contributed by atoms with van der Waals surface area (Å²) in [6, 6.07) is 13.4. The molecule has 1 amide bonds. The van der Waals surface area contributed by atoms with Crippen LogP contribution < -0.4 is 11.1 Å². The molecule has 0 aliphatic heterocycles. The summed E-state index contributed by atoms with van der Waals surface area (Å²) in [6.45, 7) is 1.94. The van der Waals surface area contributed by atoms with Gasteiger partial charge >= 0.3 is 0 Å². The molecule has 30 heavy (non-hydrogen) atoms. The van der Waals surface area contributed by atoms with Crippen molar-refractivity contribution in [2.45, 2.75) is 13.0 Å². The van der Waals surface area contributed by atoms with E-state index in [-0.39, 0.29) is 17.9 Å². The molecule has 0 aliphatic rings. The second-order valence-electron chi connectivity index (χ2n) is 7.10. The van der Waals surface area contributed by atoms with Gasteiger partial charge in [0.05, 0.1) is 22.0 Å². The van der Waals surface area contributed by atoms with Gasteiger partial charge in [0.15, 0.2) is 5.65 Å². The van der Waals surface area contributed by atoms with Gasteiger partial charge in [-0.3, -0.25) is 4.79 Å². The normalized spacial score (nSPS) is 12.5. The Morgan fingerprint density at radius 1 is 1.17 bits per heavy atom. The van der Waals surface area contributed by atoms with Crippen LogP contribution in [0.15, 0.2) is 54.0 Å². The van der Waals surface area contributed by atoms with E-state index in [9.17, 15) is 4.79 Å². The Morgan fingerprint density at radius 3 is 2.83 bits per heavy atom. The predicted molar refractivity (Wildman–Crippen MR) is 117 cm³/mol. The number of anilines is 1. The Labute approximate surface area is 176 Å². The van der Waals surface area contributed by atoms with E-state index < -0.39 is 0 Å². The van der Waals surface area contributed by atoms with Crippen LogP contribution >= 0.6 is 11.3 Å². The largest absolute Gasteiger partial charge is 0.366 e. The van der Waals surface area contributed by atoms with Crippen molar-refractivity contribution in [3.8, 4) is 11.1 Å². The second-order valence-corrected chi connectivity index (χ2v) is 8.01. The first-order valence-electron chi connectivity index (χ1n) is 9.42. The Bertz CT molecular complexity index is 1400. The standard InChI is InChI=1S/C21H19N7OS/c1-12(19-24-15-5-3-4-6-16(15)27(19)2)23-20(29)17-9-14(11-30-17)13-7-8-18-25-21(22)26-28(18)10-13/h3-12H,1-2H3,(H2,22,26)(H,23,29). The van der Waals surface area contributed by atoms with E-state index >= 15 is 0 Å². The number of hydrogen-bond acceptors (Lipinski definition) is 6. The lowest BCUT2D eigenvalue weighted by Crippen LogP contribution is -2.27. The lowest BCUT2D eigenvalue weighted by Gasteiger charge is -2.13. The summed E-state index contributed by atoms with van der Waals surface area (Å²) in [5.41, 5.74) is 10.2. The minimum atomic E-state index is -0.227. The molecule has 3 N–H and O–H groups in total. The number of aromatic nitrogens is 5. The maximum atomic E-state index is 12.8. The average molecular weight is 417 g/mol. The van der Waals surface area contributed by atoms with Crippen molar-refractivity contribution in [1.82, 2.24) is 29.5 Å². The lowest BCUT2D eigenvalue weighted by atomic mass is 10.1. The van der Waals surface area contributed by atoms with Crippen molar-refractivity contribution in [2.24, 2.45) is 7.05 Å². The van der Waals surface area contributed by atoms with E-state index in [1.54, 1.807) is 4.52 Å². The van der Waals surface area contributed by atoms with Crippen LogP contribution in [-0.2, 0) is 7.05 Å². The number of benzene rings is 1. The fourth-order valence-corrected chi connectivity index (χ4v) is 4.38. The van der Waals surface area contributed by atoms with E-state index in [1.165, 1.54) is 11.3 Å². The third kappa shape index (κ3) is 3.09. The highest BCUT2D eigenvalue weighted by Crippen LogP contribution is 2.27. The Balaban J connectivity index is 1.37. The van der Waals surface area contributed by atoms with E-state index in [2.05, 4.69) is 20.4 Å². The average Bonchev–Trinajstić information content (AvgIpc) is 3.44. The number of nitrogens with zero attached hydrogens (tertiary/aromatic N) is 5. The first-order valence-corrected chi connectivity index (χ1v) is 10.3. The van der Waals surface area contributed by atoms with E-state index in [1.807, 2.05) is 72.6 Å². The first kappa shape index (κ1) is 18.3. The highest BCUT2D eigenvalue weighted by molar-refractivity contribution is 7.12. The number of para-hydroxylation sites is 2. The van der Waals surface area contributed by atoms with Gasteiger partial charge in [0, 0.05) is 18.8 Å². The molecule has 0 saturated carbocycles. The number of imidazole rings is 1. The van der Waals surface area contributed by atoms with Gasteiger partial charge in [0.2, 0.25) is 5.95 Å². The monoisotopic (exact) mass is 417 g/mol. The quantitative estimate of drug-likeness (QED) is 0.466. The third-order valence-corrected chi connectivity index (χ3v) is 5.99. The van der Waals surface area contributed by atoms with Crippen LogP contribution in [0.4, 0.5) is 5.95 Å². The zero-order chi connectivity index (χ0) is 20.8. The molecule has 1 atom stereocenters. The molecule has 8 nitrogen and oxygen atoms in total. The molecule has 0 spiro atoms. The number of fused-ring (bicyclic) bond motifs is 2. The SMILES string of the molecule is CC(NC(=O)c1cc(-c2ccc3nc(N)nn3c2)cs1)c1nc2ccccc2n1C. The molecule has 0 fully saturated rings. The van der Waals surface area contributed by atoms with Crippen LogP contribution in [0, 0.1) is 0 Å². The van der Waals surface area contributed by atoms with Crippen LogP contribution in [0.2, 0.25) is 0 Å². The Hall–Kier alpha value is -3.72. The summed E-state index contributed by atoms with van der Waals surface area (Å²) in [7, 11) is 1.96. The van der Waals surface area contributed by atoms with Gasteiger partial charge in [0.1, 0.15) is 5.82 Å². The van der Waals surface area contributed by atoms with Gasteiger partial charge in [-0.2, -0.15) is 4.98 Å². The topological polar surface area (TPSA) is 103 Å². The fraction of sp³-hybridized carbons (Fsp3) is 0.143. The summed E-state index contributed by atoms with van der Waals surface area (Å²) in [5.74, 6) is 0.918. The van der Waals surface area contributed by atoms with Gasteiger partial charge in [-0.05, 0) is 48.2 Å². The summed E-state index contributed by atoms with van der Waals surface area (Å²) >= 11 is 1.40. The summed E-state index contributed by atoms with van der Waals surface area (Å²) in [6.07, 6.45) is 1.85. The molecule has 9 heteroatoms. The maximum absolute atomic E-state index is 12.8. The summed E-state index contributed by atoms with van der Waals surface area (Å²) in [5, 5.41) is 9.15. The highest BCUT2D eigenvalue weighted by atomic mass is 32.1. The van der Waals surface area contributed by atoms with Crippen molar-refractivity contribution >= 4 is 39.9 Å². The van der Waals surface area contributed by atoms with E-state index in [4.69, 9.17) is 5.73 Å². The minimum absolute atomic E-state index is 0.128. The number of nitrogens with two attached hydrogens (primary N) is 1. The van der Waals surface area contributed by atoms with Crippen molar-refractivity contribution in [3.05, 3.63) is 64.7 Å². The molecular weight excluding hydrogens is 398 g/mol. The van der Waals surface area contributed by atoms with Crippen molar-refractivity contribution in [1.29, 1.82) is 0 Å².